The van der Waals surface area contributed by atoms with Crippen molar-refractivity contribution in [3.63, 3.8) is 0 Å². The molecule has 2 aromatic rings. The molecule has 1 fully saturated rings. The zero-order chi connectivity index (χ0) is 15.0. The summed E-state index contributed by atoms with van der Waals surface area (Å²) >= 11 is 0. The Labute approximate surface area is 124 Å². The summed E-state index contributed by atoms with van der Waals surface area (Å²) in [6.45, 7) is 4.87. The van der Waals surface area contributed by atoms with Crippen molar-refractivity contribution in [1.29, 1.82) is 0 Å². The maximum Gasteiger partial charge on any atom is 0.163 e. The van der Waals surface area contributed by atoms with Gasteiger partial charge in [-0.05, 0) is 18.9 Å². The van der Waals surface area contributed by atoms with E-state index in [1.54, 1.807) is 18.0 Å². The molecule has 0 saturated carbocycles. The first-order valence-electron chi connectivity index (χ1n) is 7.27. The molecule has 3 rings (SSSR count). The Morgan fingerprint density at radius 2 is 2.24 bits per heavy atom. The number of hydrogen-bond acceptors (Lipinski definition) is 6. The number of fused-ring (bicyclic) bond motifs is 1. The van der Waals surface area contributed by atoms with Gasteiger partial charge in [-0.25, -0.2) is 9.97 Å². The lowest BCUT2D eigenvalue weighted by Crippen LogP contribution is -2.43. The van der Waals surface area contributed by atoms with Gasteiger partial charge in [-0.15, -0.1) is 0 Å². The number of rotatable bonds is 3. The molecule has 0 bridgehead atoms. The summed E-state index contributed by atoms with van der Waals surface area (Å²) in [5.41, 5.74) is 6.79. The van der Waals surface area contributed by atoms with Crippen LogP contribution < -0.4 is 5.73 Å². The van der Waals surface area contributed by atoms with Gasteiger partial charge in [0.15, 0.2) is 5.65 Å². The van der Waals surface area contributed by atoms with E-state index in [4.69, 9.17) is 10.5 Å². The normalized spacial score (nSPS) is 23.8. The van der Waals surface area contributed by atoms with Gasteiger partial charge in [0.2, 0.25) is 0 Å². The number of aromatic nitrogens is 4. The lowest BCUT2D eigenvalue weighted by molar-refractivity contribution is -0.00812. The number of ether oxygens (including phenoxy) is 1. The number of likely N-dealkylation sites (tertiary alicyclic amines) is 1. The van der Waals surface area contributed by atoms with E-state index in [0.717, 1.165) is 36.4 Å². The third-order valence-corrected chi connectivity index (χ3v) is 4.31. The van der Waals surface area contributed by atoms with Gasteiger partial charge in [-0.2, -0.15) is 5.10 Å². The SMILES string of the molecule is COC1CN(Cc2nc(N)c3cnn(C)c3n2)CCC1C. The van der Waals surface area contributed by atoms with Crippen molar-refractivity contribution in [3.05, 3.63) is 12.0 Å². The summed E-state index contributed by atoms with van der Waals surface area (Å²) in [5.74, 6) is 1.83. The number of methoxy groups -OCH3 is 1. The number of nitrogens with two attached hydrogens (primary N) is 1. The molecule has 0 aromatic carbocycles. The molecule has 1 aliphatic rings. The van der Waals surface area contributed by atoms with Gasteiger partial charge in [0.25, 0.3) is 0 Å². The molecule has 0 radical (unpaired) electrons. The summed E-state index contributed by atoms with van der Waals surface area (Å²) < 4.78 is 7.28. The Morgan fingerprint density at radius 1 is 1.43 bits per heavy atom. The summed E-state index contributed by atoms with van der Waals surface area (Å²) in [4.78, 5) is 11.3. The average Bonchev–Trinajstić information content (AvgIpc) is 2.83. The first-order valence-corrected chi connectivity index (χ1v) is 7.27. The van der Waals surface area contributed by atoms with Crippen LogP contribution in [0.4, 0.5) is 5.82 Å². The van der Waals surface area contributed by atoms with Crippen LogP contribution in [0.2, 0.25) is 0 Å². The van der Waals surface area contributed by atoms with Crippen LogP contribution >= 0.6 is 0 Å². The molecule has 2 unspecified atom stereocenters. The van der Waals surface area contributed by atoms with E-state index >= 15 is 0 Å². The molecule has 7 heteroatoms. The van der Waals surface area contributed by atoms with Crippen molar-refractivity contribution in [3.8, 4) is 0 Å². The highest BCUT2D eigenvalue weighted by Crippen LogP contribution is 2.22. The zero-order valence-corrected chi connectivity index (χ0v) is 12.8. The van der Waals surface area contributed by atoms with E-state index in [1.165, 1.54) is 0 Å². The largest absolute Gasteiger partial charge is 0.383 e. The molecule has 2 N–H and O–H groups in total. The van der Waals surface area contributed by atoms with E-state index in [2.05, 4.69) is 26.9 Å². The average molecular weight is 290 g/mol. The topological polar surface area (TPSA) is 82.1 Å². The van der Waals surface area contributed by atoms with Crippen LogP contribution in [-0.4, -0.2) is 51.0 Å². The highest BCUT2D eigenvalue weighted by Gasteiger charge is 2.26. The van der Waals surface area contributed by atoms with Gasteiger partial charge in [-0.3, -0.25) is 9.58 Å². The first kappa shape index (κ1) is 14.2. The summed E-state index contributed by atoms with van der Waals surface area (Å²) in [6.07, 6.45) is 3.11. The van der Waals surface area contributed by atoms with Gasteiger partial charge in [-0.1, -0.05) is 6.92 Å². The standard InChI is InChI=1S/C14H22N6O/c1-9-4-5-20(7-11(9)21-3)8-12-17-13(15)10-6-16-19(2)14(10)18-12/h6,9,11H,4-5,7-8H2,1-3H3,(H2,15,17,18). The van der Waals surface area contributed by atoms with Crippen molar-refractivity contribution < 1.29 is 4.74 Å². The molecule has 1 aliphatic heterocycles. The first-order chi connectivity index (χ1) is 10.1. The molecular formula is C14H22N6O. The van der Waals surface area contributed by atoms with Crippen LogP contribution in [0.3, 0.4) is 0 Å². The zero-order valence-electron chi connectivity index (χ0n) is 12.8. The van der Waals surface area contributed by atoms with E-state index in [1.807, 2.05) is 7.05 Å². The van der Waals surface area contributed by atoms with E-state index in [0.29, 0.717) is 18.3 Å². The predicted octanol–water partition coefficient (Wildman–Crippen LogP) is 0.802. The van der Waals surface area contributed by atoms with Gasteiger partial charge >= 0.3 is 0 Å². The van der Waals surface area contributed by atoms with Gasteiger partial charge < -0.3 is 10.5 Å². The molecule has 0 aliphatic carbocycles. The predicted molar refractivity (Wildman–Crippen MR) is 80.6 cm³/mol. The third-order valence-electron chi connectivity index (χ3n) is 4.31. The molecule has 2 aromatic heterocycles. The fraction of sp³-hybridized carbons (Fsp3) is 0.643. The molecule has 0 amide bonds. The van der Waals surface area contributed by atoms with E-state index in [-0.39, 0.29) is 6.10 Å². The van der Waals surface area contributed by atoms with Crippen LogP contribution in [0, 0.1) is 5.92 Å². The monoisotopic (exact) mass is 290 g/mol. The van der Waals surface area contributed by atoms with Crippen LogP contribution in [-0.2, 0) is 18.3 Å². The Balaban J connectivity index is 1.80. The summed E-state index contributed by atoms with van der Waals surface area (Å²) in [7, 11) is 3.64. The number of nitrogen functional groups attached to an aromatic ring is 1. The van der Waals surface area contributed by atoms with Crippen molar-refractivity contribution in [2.75, 3.05) is 25.9 Å². The fourth-order valence-corrected chi connectivity index (χ4v) is 2.91. The van der Waals surface area contributed by atoms with Crippen LogP contribution in [0.25, 0.3) is 11.0 Å². The highest BCUT2D eigenvalue weighted by atomic mass is 16.5. The number of nitrogens with zero attached hydrogens (tertiary/aromatic N) is 5. The third kappa shape index (κ3) is 2.71. The fourth-order valence-electron chi connectivity index (χ4n) is 2.91. The second-order valence-electron chi connectivity index (χ2n) is 5.81. The highest BCUT2D eigenvalue weighted by molar-refractivity contribution is 5.84. The minimum Gasteiger partial charge on any atom is -0.383 e. The maximum absolute atomic E-state index is 6.00. The van der Waals surface area contributed by atoms with Crippen LogP contribution in [0.15, 0.2) is 6.20 Å². The van der Waals surface area contributed by atoms with Crippen LogP contribution in [0.5, 0.6) is 0 Å². The van der Waals surface area contributed by atoms with Crippen molar-refractivity contribution in [2.24, 2.45) is 13.0 Å². The second kappa shape index (κ2) is 5.57. The molecule has 114 valence electrons. The number of piperidine rings is 1. The van der Waals surface area contributed by atoms with Gasteiger partial charge in [0.1, 0.15) is 11.6 Å². The molecular weight excluding hydrogens is 268 g/mol. The summed E-state index contributed by atoms with van der Waals surface area (Å²) in [6, 6.07) is 0. The molecule has 7 nitrogen and oxygen atoms in total. The number of hydrogen-bond donors (Lipinski definition) is 1. The molecule has 3 heterocycles. The van der Waals surface area contributed by atoms with Gasteiger partial charge in [0, 0.05) is 20.7 Å². The van der Waals surface area contributed by atoms with Crippen molar-refractivity contribution >= 4 is 16.9 Å². The van der Waals surface area contributed by atoms with Crippen molar-refractivity contribution in [1.82, 2.24) is 24.6 Å². The lowest BCUT2D eigenvalue weighted by Gasteiger charge is -2.35. The second-order valence-corrected chi connectivity index (χ2v) is 5.81. The van der Waals surface area contributed by atoms with Gasteiger partial charge in [0.05, 0.1) is 24.2 Å². The Kier molecular flexibility index (Phi) is 3.77. The number of anilines is 1. The Morgan fingerprint density at radius 3 is 3.00 bits per heavy atom. The smallest absolute Gasteiger partial charge is 0.163 e. The minimum absolute atomic E-state index is 0.275. The minimum atomic E-state index is 0.275. The van der Waals surface area contributed by atoms with Crippen LogP contribution in [0.1, 0.15) is 19.2 Å². The Bertz CT molecular complexity index is 640. The maximum atomic E-state index is 6.00. The molecule has 1 saturated heterocycles. The number of aryl methyl sites for hydroxylation is 1. The Hall–Kier alpha value is -1.73. The lowest BCUT2D eigenvalue weighted by atomic mass is 9.96. The van der Waals surface area contributed by atoms with Crippen molar-refractivity contribution in [2.45, 2.75) is 26.0 Å². The van der Waals surface area contributed by atoms with E-state index < -0.39 is 0 Å². The molecule has 2 atom stereocenters. The summed E-state index contributed by atoms with van der Waals surface area (Å²) in [5, 5.41) is 4.99. The quantitative estimate of drug-likeness (QED) is 0.900. The molecule has 0 spiro atoms. The molecule has 21 heavy (non-hydrogen) atoms. The van der Waals surface area contributed by atoms with E-state index in [9.17, 15) is 0 Å².